The van der Waals surface area contributed by atoms with Gasteiger partial charge in [0.05, 0.1) is 0 Å². The van der Waals surface area contributed by atoms with Crippen LogP contribution in [0.3, 0.4) is 0 Å². The molecule has 0 saturated carbocycles. The second kappa shape index (κ2) is 5.66. The summed E-state index contributed by atoms with van der Waals surface area (Å²) in [5.41, 5.74) is 0.617. The second-order valence-corrected chi connectivity index (χ2v) is 4.14. The molecule has 0 bridgehead atoms. The largest absolute Gasteiger partial charge is 0.336 e. The average Bonchev–Trinajstić information content (AvgIpc) is 2.28. The van der Waals surface area contributed by atoms with Gasteiger partial charge in [-0.25, -0.2) is 0 Å². The first-order valence-electron chi connectivity index (χ1n) is 5.54. The van der Waals surface area contributed by atoms with Crippen molar-refractivity contribution in [3.05, 3.63) is 37.0 Å². The lowest BCUT2D eigenvalue weighted by Crippen LogP contribution is -2.52. The van der Waals surface area contributed by atoms with E-state index in [1.165, 1.54) is 0 Å². The third-order valence-electron chi connectivity index (χ3n) is 3.01. The summed E-state index contributed by atoms with van der Waals surface area (Å²) in [6.45, 7) is 11.9. The van der Waals surface area contributed by atoms with Crippen LogP contribution in [0.4, 0.5) is 0 Å². The molecule has 3 heteroatoms. The Labute approximate surface area is 97.7 Å². The summed E-state index contributed by atoms with van der Waals surface area (Å²) in [6.07, 6.45) is 4.92. The molecule has 3 nitrogen and oxygen atoms in total. The molecule has 1 fully saturated rings. The number of piperazine rings is 1. The Morgan fingerprint density at radius 3 is 2.56 bits per heavy atom. The van der Waals surface area contributed by atoms with Gasteiger partial charge < -0.3 is 9.80 Å². The van der Waals surface area contributed by atoms with Gasteiger partial charge in [-0.2, -0.15) is 0 Å². The Hall–Kier alpha value is -1.35. The summed E-state index contributed by atoms with van der Waals surface area (Å²) < 4.78 is 0. The second-order valence-electron chi connectivity index (χ2n) is 4.14. The predicted molar refractivity (Wildman–Crippen MR) is 67.1 cm³/mol. The van der Waals surface area contributed by atoms with E-state index in [2.05, 4.69) is 32.0 Å². The van der Waals surface area contributed by atoms with Crippen LogP contribution in [0.2, 0.25) is 0 Å². The molecule has 1 heterocycles. The van der Waals surface area contributed by atoms with Gasteiger partial charge in [0.25, 0.3) is 5.91 Å². The van der Waals surface area contributed by atoms with Crippen molar-refractivity contribution in [1.82, 2.24) is 9.80 Å². The first-order chi connectivity index (χ1) is 7.60. The molecule has 1 saturated heterocycles. The van der Waals surface area contributed by atoms with Gasteiger partial charge in [0, 0.05) is 31.2 Å². The Morgan fingerprint density at radius 2 is 2.06 bits per heavy atom. The van der Waals surface area contributed by atoms with Crippen LogP contribution in [0.5, 0.6) is 0 Å². The maximum Gasteiger partial charge on any atom is 0.253 e. The van der Waals surface area contributed by atoms with E-state index in [1.807, 2.05) is 4.90 Å². The monoisotopic (exact) mass is 220 g/mol. The fourth-order valence-corrected chi connectivity index (χ4v) is 1.77. The van der Waals surface area contributed by atoms with E-state index in [0.29, 0.717) is 11.6 Å². The smallest absolute Gasteiger partial charge is 0.253 e. The molecule has 1 aliphatic rings. The van der Waals surface area contributed by atoms with E-state index in [1.54, 1.807) is 18.2 Å². The highest BCUT2D eigenvalue weighted by Crippen LogP contribution is 2.11. The Bertz CT molecular complexity index is 320. The Balaban J connectivity index is 2.71. The zero-order valence-electron chi connectivity index (χ0n) is 10.1. The summed E-state index contributed by atoms with van der Waals surface area (Å²) in [5.74, 6) is 0.0508. The number of likely N-dealkylation sites (N-methyl/N-ethyl adjacent to an activating group) is 1. The van der Waals surface area contributed by atoms with Gasteiger partial charge >= 0.3 is 0 Å². The molecule has 1 atom stereocenters. The summed E-state index contributed by atoms with van der Waals surface area (Å²) in [6, 6.07) is 0.410. The van der Waals surface area contributed by atoms with Crippen molar-refractivity contribution in [1.29, 1.82) is 0 Å². The highest BCUT2D eigenvalue weighted by Gasteiger charge is 2.24. The third kappa shape index (κ3) is 2.83. The number of nitrogens with zero attached hydrogens (tertiary/aromatic N) is 2. The predicted octanol–water partition coefficient (Wildman–Crippen LogP) is 1.45. The molecule has 0 N–H and O–H groups in total. The molecule has 0 spiro atoms. The van der Waals surface area contributed by atoms with Gasteiger partial charge in [0.15, 0.2) is 0 Å². The van der Waals surface area contributed by atoms with E-state index in [0.717, 1.165) is 19.6 Å². The molecule has 0 aliphatic carbocycles. The first kappa shape index (κ1) is 12.7. The van der Waals surface area contributed by atoms with Crippen LogP contribution < -0.4 is 0 Å². The van der Waals surface area contributed by atoms with Crippen LogP contribution in [0.25, 0.3) is 0 Å². The van der Waals surface area contributed by atoms with Crippen LogP contribution >= 0.6 is 0 Å². The zero-order valence-corrected chi connectivity index (χ0v) is 10.1. The van der Waals surface area contributed by atoms with Crippen LogP contribution in [-0.2, 0) is 4.79 Å². The van der Waals surface area contributed by atoms with Gasteiger partial charge in [0.1, 0.15) is 0 Å². The summed E-state index contributed by atoms with van der Waals surface area (Å²) in [4.78, 5) is 16.2. The molecular weight excluding hydrogens is 200 g/mol. The Morgan fingerprint density at radius 1 is 1.38 bits per heavy atom. The van der Waals surface area contributed by atoms with Crippen LogP contribution in [0, 0.1) is 0 Å². The number of carbonyl (C=O) groups is 1. The highest BCUT2D eigenvalue weighted by atomic mass is 16.2. The van der Waals surface area contributed by atoms with Crippen molar-refractivity contribution >= 4 is 5.91 Å². The molecule has 1 aliphatic heterocycles. The van der Waals surface area contributed by atoms with Crippen molar-refractivity contribution in [2.75, 3.05) is 26.7 Å². The van der Waals surface area contributed by atoms with Crippen LogP contribution in [0.15, 0.2) is 37.0 Å². The zero-order chi connectivity index (χ0) is 12.1. The molecule has 0 radical (unpaired) electrons. The normalized spacial score (nSPS) is 23.0. The lowest BCUT2D eigenvalue weighted by molar-refractivity contribution is -0.129. The summed E-state index contributed by atoms with van der Waals surface area (Å²) in [7, 11) is 2.08. The number of amides is 1. The molecule has 88 valence electrons. The fraction of sp³-hybridized carbons (Fsp3) is 0.462. The summed E-state index contributed by atoms with van der Waals surface area (Å²) in [5, 5.41) is 0. The van der Waals surface area contributed by atoms with E-state index in [4.69, 9.17) is 0 Å². The van der Waals surface area contributed by atoms with Crippen molar-refractivity contribution in [3.63, 3.8) is 0 Å². The molecule has 1 rings (SSSR count). The molecule has 0 aromatic rings. The Kier molecular flexibility index (Phi) is 4.50. The summed E-state index contributed by atoms with van der Waals surface area (Å²) >= 11 is 0. The highest BCUT2D eigenvalue weighted by molar-refractivity contribution is 5.96. The average molecular weight is 220 g/mol. The minimum atomic E-state index is 0.0508. The van der Waals surface area contributed by atoms with Gasteiger partial charge in [-0.05, 0) is 14.0 Å². The minimum absolute atomic E-state index is 0.0508. The molecule has 0 aromatic carbocycles. The fourth-order valence-electron chi connectivity index (χ4n) is 1.77. The molecule has 16 heavy (non-hydrogen) atoms. The number of hydrogen-bond donors (Lipinski definition) is 0. The van der Waals surface area contributed by atoms with E-state index < -0.39 is 0 Å². The number of carbonyl (C=O) groups excluding carboxylic acids is 1. The molecular formula is C13H20N2O. The van der Waals surface area contributed by atoms with Gasteiger partial charge in [-0.15, -0.1) is 0 Å². The quantitative estimate of drug-likeness (QED) is 0.531. The van der Waals surface area contributed by atoms with E-state index in [9.17, 15) is 4.79 Å². The number of hydrogen-bond acceptors (Lipinski definition) is 2. The van der Waals surface area contributed by atoms with Gasteiger partial charge in [0.2, 0.25) is 0 Å². The number of allylic oxidation sites excluding steroid dienone is 2. The third-order valence-corrected chi connectivity index (χ3v) is 3.01. The van der Waals surface area contributed by atoms with E-state index >= 15 is 0 Å². The maximum absolute atomic E-state index is 12.1. The standard InChI is InChI=1S/C13H20N2O/c1-5-7-12(6-2)13(16)15-9-8-14(4)11(3)10-15/h5-7,11H,1-2,8-10H2,3-4H3/b12-7+. The topological polar surface area (TPSA) is 23.6 Å². The van der Waals surface area contributed by atoms with Gasteiger partial charge in [-0.1, -0.05) is 31.4 Å². The minimum Gasteiger partial charge on any atom is -0.336 e. The van der Waals surface area contributed by atoms with Crippen LogP contribution in [-0.4, -0.2) is 48.4 Å². The number of rotatable bonds is 3. The lowest BCUT2D eigenvalue weighted by atomic mass is 10.1. The van der Waals surface area contributed by atoms with E-state index in [-0.39, 0.29) is 5.91 Å². The van der Waals surface area contributed by atoms with Crippen LogP contribution in [0.1, 0.15) is 6.92 Å². The van der Waals surface area contributed by atoms with Crippen molar-refractivity contribution in [3.8, 4) is 0 Å². The molecule has 1 unspecified atom stereocenters. The maximum atomic E-state index is 12.1. The molecule has 0 aromatic heterocycles. The molecule has 1 amide bonds. The first-order valence-corrected chi connectivity index (χ1v) is 5.54. The van der Waals surface area contributed by atoms with Crippen molar-refractivity contribution in [2.45, 2.75) is 13.0 Å². The van der Waals surface area contributed by atoms with Crippen molar-refractivity contribution in [2.24, 2.45) is 0 Å². The lowest BCUT2D eigenvalue weighted by Gasteiger charge is -2.37. The SMILES string of the molecule is C=C/C=C(\C=C)C(=O)N1CCN(C)C(C)C1. The van der Waals surface area contributed by atoms with Gasteiger partial charge in [-0.3, -0.25) is 4.79 Å². The van der Waals surface area contributed by atoms with Crippen molar-refractivity contribution < 1.29 is 4.79 Å².